The van der Waals surface area contributed by atoms with Crippen molar-refractivity contribution in [2.45, 2.75) is 33.8 Å². The van der Waals surface area contributed by atoms with Gasteiger partial charge < -0.3 is 14.5 Å². The standard InChI is InChI=1S/C22H21NO5/c1-12-6-8-19-16(9-12)18(24)11-20(28-19)22(26)27-15(4)21(25)23-17-10-13(2)5-7-14(17)3/h5-11,15H,1-4H3,(H,23,25)/t15-/m1/s1. The molecule has 0 aliphatic rings. The molecule has 0 unspecified atom stereocenters. The minimum Gasteiger partial charge on any atom is -0.449 e. The van der Waals surface area contributed by atoms with Crippen molar-refractivity contribution in [2.24, 2.45) is 0 Å². The van der Waals surface area contributed by atoms with Gasteiger partial charge in [-0.05, 0) is 57.0 Å². The summed E-state index contributed by atoms with van der Waals surface area (Å²) < 4.78 is 10.7. The molecule has 0 spiro atoms. The van der Waals surface area contributed by atoms with Gasteiger partial charge >= 0.3 is 5.97 Å². The first-order valence-corrected chi connectivity index (χ1v) is 8.88. The SMILES string of the molecule is Cc1ccc(C)c(NC(=O)[C@@H](C)OC(=O)c2cc(=O)c3cc(C)ccc3o2)c1. The normalized spacial score (nSPS) is 11.9. The summed E-state index contributed by atoms with van der Waals surface area (Å²) in [4.78, 5) is 37.0. The molecule has 28 heavy (non-hydrogen) atoms. The quantitative estimate of drug-likeness (QED) is 0.695. The van der Waals surface area contributed by atoms with Crippen LogP contribution in [0.25, 0.3) is 11.0 Å². The zero-order valence-corrected chi connectivity index (χ0v) is 16.2. The fraction of sp³-hybridized carbons (Fsp3) is 0.227. The highest BCUT2D eigenvalue weighted by atomic mass is 16.6. The van der Waals surface area contributed by atoms with Gasteiger partial charge in [0.2, 0.25) is 5.76 Å². The summed E-state index contributed by atoms with van der Waals surface area (Å²) in [5, 5.41) is 3.13. The van der Waals surface area contributed by atoms with Crippen LogP contribution in [-0.2, 0) is 9.53 Å². The van der Waals surface area contributed by atoms with Gasteiger partial charge in [0.25, 0.3) is 5.91 Å². The predicted molar refractivity (Wildman–Crippen MR) is 107 cm³/mol. The molecule has 3 aromatic rings. The van der Waals surface area contributed by atoms with E-state index in [1.807, 2.05) is 39.0 Å². The number of carbonyl (C=O) groups excluding carboxylic acids is 2. The summed E-state index contributed by atoms with van der Waals surface area (Å²) in [6.07, 6.45) is -1.06. The third kappa shape index (κ3) is 4.11. The van der Waals surface area contributed by atoms with Crippen LogP contribution in [0.15, 0.2) is 51.7 Å². The van der Waals surface area contributed by atoms with Crippen molar-refractivity contribution in [2.75, 3.05) is 5.32 Å². The molecule has 1 heterocycles. The zero-order chi connectivity index (χ0) is 20.4. The maximum Gasteiger partial charge on any atom is 0.375 e. The average molecular weight is 379 g/mol. The van der Waals surface area contributed by atoms with Gasteiger partial charge in [-0.3, -0.25) is 9.59 Å². The third-order valence-electron chi connectivity index (χ3n) is 4.39. The Morgan fingerprint density at radius 2 is 1.68 bits per heavy atom. The van der Waals surface area contributed by atoms with Gasteiger partial charge in [0.05, 0.1) is 5.39 Å². The van der Waals surface area contributed by atoms with E-state index in [0.717, 1.165) is 22.8 Å². The Kier molecular flexibility index (Phi) is 5.31. The number of carbonyl (C=O) groups is 2. The number of benzene rings is 2. The zero-order valence-electron chi connectivity index (χ0n) is 16.2. The fourth-order valence-electron chi connectivity index (χ4n) is 2.75. The number of amides is 1. The van der Waals surface area contributed by atoms with E-state index in [4.69, 9.17) is 9.15 Å². The number of hydrogen-bond acceptors (Lipinski definition) is 5. The summed E-state index contributed by atoms with van der Waals surface area (Å²) in [5.41, 5.74) is 3.40. The number of rotatable bonds is 4. The minimum atomic E-state index is -1.06. The van der Waals surface area contributed by atoms with Crippen molar-refractivity contribution in [3.05, 3.63) is 75.1 Å². The van der Waals surface area contributed by atoms with Crippen molar-refractivity contribution < 1.29 is 18.7 Å². The number of fused-ring (bicyclic) bond motifs is 1. The van der Waals surface area contributed by atoms with Crippen LogP contribution in [0.5, 0.6) is 0 Å². The third-order valence-corrected chi connectivity index (χ3v) is 4.39. The van der Waals surface area contributed by atoms with Crippen LogP contribution in [0.3, 0.4) is 0 Å². The second kappa shape index (κ2) is 7.68. The highest BCUT2D eigenvalue weighted by Gasteiger charge is 2.22. The van der Waals surface area contributed by atoms with Crippen LogP contribution < -0.4 is 10.7 Å². The molecule has 0 saturated carbocycles. The monoisotopic (exact) mass is 379 g/mol. The molecule has 0 aliphatic carbocycles. The van der Waals surface area contributed by atoms with Crippen molar-refractivity contribution in [1.82, 2.24) is 0 Å². The second-order valence-corrected chi connectivity index (χ2v) is 6.83. The van der Waals surface area contributed by atoms with Crippen LogP contribution in [0.4, 0.5) is 5.69 Å². The molecule has 144 valence electrons. The molecule has 2 aromatic carbocycles. The molecule has 0 fully saturated rings. The van der Waals surface area contributed by atoms with E-state index in [9.17, 15) is 14.4 Å². The summed E-state index contributed by atoms with van der Waals surface area (Å²) >= 11 is 0. The van der Waals surface area contributed by atoms with E-state index >= 15 is 0 Å². The molecule has 3 rings (SSSR count). The second-order valence-electron chi connectivity index (χ2n) is 6.83. The summed E-state index contributed by atoms with van der Waals surface area (Å²) in [5.74, 6) is -1.59. The Bertz CT molecular complexity index is 1130. The highest BCUT2D eigenvalue weighted by molar-refractivity contribution is 5.97. The van der Waals surface area contributed by atoms with E-state index in [2.05, 4.69) is 5.32 Å². The molecule has 0 aliphatic heterocycles. The maximum absolute atomic E-state index is 12.4. The molecule has 6 nitrogen and oxygen atoms in total. The number of anilines is 1. The summed E-state index contributed by atoms with van der Waals surface area (Å²) in [6, 6.07) is 11.9. The lowest BCUT2D eigenvalue weighted by Gasteiger charge is -2.15. The van der Waals surface area contributed by atoms with E-state index in [1.54, 1.807) is 18.2 Å². The van der Waals surface area contributed by atoms with E-state index < -0.39 is 18.0 Å². The molecule has 0 saturated heterocycles. The van der Waals surface area contributed by atoms with Crippen molar-refractivity contribution in [1.29, 1.82) is 0 Å². The Morgan fingerprint density at radius 3 is 2.43 bits per heavy atom. The van der Waals surface area contributed by atoms with Crippen LogP contribution in [0.1, 0.15) is 34.2 Å². The lowest BCUT2D eigenvalue weighted by Crippen LogP contribution is -2.30. The molecule has 1 aromatic heterocycles. The fourth-order valence-corrected chi connectivity index (χ4v) is 2.75. The van der Waals surface area contributed by atoms with Crippen LogP contribution in [0.2, 0.25) is 0 Å². The maximum atomic E-state index is 12.4. The molecule has 0 radical (unpaired) electrons. The minimum absolute atomic E-state index is 0.243. The van der Waals surface area contributed by atoms with Gasteiger partial charge in [0.15, 0.2) is 11.5 Å². The topological polar surface area (TPSA) is 85.6 Å². The first-order chi connectivity index (χ1) is 13.2. The van der Waals surface area contributed by atoms with E-state index in [0.29, 0.717) is 11.1 Å². The summed E-state index contributed by atoms with van der Waals surface area (Å²) in [6.45, 7) is 7.11. The molecule has 6 heteroatoms. The number of ether oxygens (including phenoxy) is 1. The van der Waals surface area contributed by atoms with Gasteiger partial charge in [0, 0.05) is 11.8 Å². The number of aryl methyl sites for hydroxylation is 3. The average Bonchev–Trinajstić information content (AvgIpc) is 2.65. The Labute approximate surface area is 162 Å². The van der Waals surface area contributed by atoms with Crippen molar-refractivity contribution in [3.8, 4) is 0 Å². The largest absolute Gasteiger partial charge is 0.449 e. The molecular weight excluding hydrogens is 358 g/mol. The van der Waals surface area contributed by atoms with Gasteiger partial charge in [0.1, 0.15) is 5.58 Å². The smallest absolute Gasteiger partial charge is 0.375 e. The lowest BCUT2D eigenvalue weighted by molar-refractivity contribution is -0.123. The van der Waals surface area contributed by atoms with Gasteiger partial charge in [-0.2, -0.15) is 0 Å². The number of nitrogens with one attached hydrogen (secondary N) is 1. The molecule has 1 amide bonds. The Balaban J connectivity index is 1.76. The van der Waals surface area contributed by atoms with Crippen molar-refractivity contribution in [3.63, 3.8) is 0 Å². The van der Waals surface area contributed by atoms with E-state index in [1.165, 1.54) is 6.92 Å². The number of hydrogen-bond donors (Lipinski definition) is 1. The first-order valence-electron chi connectivity index (χ1n) is 8.88. The molecule has 1 atom stereocenters. The van der Waals surface area contributed by atoms with Gasteiger partial charge in [-0.15, -0.1) is 0 Å². The number of esters is 1. The first kappa shape index (κ1) is 19.4. The van der Waals surface area contributed by atoms with Crippen LogP contribution in [0, 0.1) is 20.8 Å². The molecule has 1 N–H and O–H groups in total. The van der Waals surface area contributed by atoms with E-state index in [-0.39, 0.29) is 16.8 Å². The van der Waals surface area contributed by atoms with Crippen molar-refractivity contribution >= 4 is 28.5 Å². The summed E-state index contributed by atoms with van der Waals surface area (Å²) in [7, 11) is 0. The predicted octanol–water partition coefficient (Wildman–Crippen LogP) is 3.90. The molecule has 0 bridgehead atoms. The molecular formula is C22H21NO5. The van der Waals surface area contributed by atoms with Gasteiger partial charge in [-0.1, -0.05) is 23.8 Å². The Hall–Kier alpha value is -3.41. The van der Waals surface area contributed by atoms with Gasteiger partial charge in [-0.25, -0.2) is 4.79 Å². The highest BCUT2D eigenvalue weighted by Crippen LogP contribution is 2.18. The lowest BCUT2D eigenvalue weighted by atomic mass is 10.1. The Morgan fingerprint density at radius 1 is 1.00 bits per heavy atom. The van der Waals surface area contributed by atoms with Crippen LogP contribution >= 0.6 is 0 Å². The van der Waals surface area contributed by atoms with Crippen LogP contribution in [-0.4, -0.2) is 18.0 Å².